The normalized spacial score (nSPS) is 10.4. The lowest BCUT2D eigenvalue weighted by Crippen LogP contribution is -1.98. The van der Waals surface area contributed by atoms with Crippen molar-refractivity contribution >= 4 is 0 Å². The molecule has 2 aromatic rings. The van der Waals surface area contributed by atoms with Crippen molar-refractivity contribution in [3.8, 4) is 22.8 Å². The Hall–Kier alpha value is -2.10. The fourth-order valence-corrected chi connectivity index (χ4v) is 2.18. The van der Waals surface area contributed by atoms with Gasteiger partial charge < -0.3 is 9.47 Å². The average Bonchev–Trinajstić information content (AvgIpc) is 2.36. The first-order valence-electron chi connectivity index (χ1n) is 6.10. The molecule has 100 valence electrons. The molecule has 0 unspecified atom stereocenters. The van der Waals surface area contributed by atoms with Crippen molar-refractivity contribution in [2.45, 2.75) is 20.8 Å². The fraction of sp³-hybridized carbons (Fsp3) is 0.333. The minimum Gasteiger partial charge on any atom is -0.497 e. The van der Waals surface area contributed by atoms with Crippen molar-refractivity contribution in [2.75, 3.05) is 14.2 Å². The van der Waals surface area contributed by atoms with Gasteiger partial charge in [0, 0.05) is 17.3 Å². The van der Waals surface area contributed by atoms with Crippen molar-refractivity contribution in [1.82, 2.24) is 9.97 Å². The lowest BCUT2D eigenvalue weighted by molar-refractivity contribution is 0.395. The molecular weight excluding hydrogens is 240 g/mol. The first-order chi connectivity index (χ1) is 9.05. The molecule has 0 saturated carbocycles. The molecular formula is C15H18N2O2. The lowest BCUT2D eigenvalue weighted by Gasteiger charge is -2.14. The van der Waals surface area contributed by atoms with E-state index >= 15 is 0 Å². The second-order valence-corrected chi connectivity index (χ2v) is 4.46. The Morgan fingerprint density at radius 3 is 2.21 bits per heavy atom. The van der Waals surface area contributed by atoms with E-state index < -0.39 is 0 Å². The number of aryl methyl sites for hydroxylation is 3. The summed E-state index contributed by atoms with van der Waals surface area (Å²) in [6.07, 6.45) is 0. The van der Waals surface area contributed by atoms with Crippen LogP contribution in [-0.2, 0) is 0 Å². The highest BCUT2D eigenvalue weighted by Crippen LogP contribution is 2.35. The van der Waals surface area contributed by atoms with E-state index in [4.69, 9.17) is 9.47 Å². The Morgan fingerprint density at radius 2 is 1.63 bits per heavy atom. The summed E-state index contributed by atoms with van der Waals surface area (Å²) in [6.45, 7) is 5.87. The van der Waals surface area contributed by atoms with Crippen LogP contribution in [0.15, 0.2) is 18.2 Å². The first kappa shape index (κ1) is 13.3. The molecule has 0 amide bonds. The van der Waals surface area contributed by atoms with Gasteiger partial charge in [0.05, 0.1) is 19.9 Å². The van der Waals surface area contributed by atoms with Gasteiger partial charge in [-0.25, -0.2) is 9.97 Å². The minimum atomic E-state index is 0.757. The van der Waals surface area contributed by atoms with Gasteiger partial charge in [-0.05, 0) is 38.5 Å². The van der Waals surface area contributed by atoms with E-state index in [9.17, 15) is 0 Å². The number of hydrogen-bond acceptors (Lipinski definition) is 4. The van der Waals surface area contributed by atoms with E-state index in [2.05, 4.69) is 9.97 Å². The molecule has 0 spiro atoms. The van der Waals surface area contributed by atoms with Gasteiger partial charge >= 0.3 is 0 Å². The second kappa shape index (κ2) is 5.26. The van der Waals surface area contributed by atoms with Gasteiger partial charge in [-0.3, -0.25) is 0 Å². The van der Waals surface area contributed by atoms with E-state index in [1.807, 2.05) is 39.0 Å². The third-order valence-corrected chi connectivity index (χ3v) is 2.95. The molecule has 0 saturated heterocycles. The molecule has 1 aromatic carbocycles. The Bertz CT molecular complexity index is 589. The van der Waals surface area contributed by atoms with Gasteiger partial charge in [-0.2, -0.15) is 0 Å². The van der Waals surface area contributed by atoms with Crippen LogP contribution in [0.3, 0.4) is 0 Å². The average molecular weight is 258 g/mol. The molecule has 0 radical (unpaired) electrons. The maximum absolute atomic E-state index is 5.46. The van der Waals surface area contributed by atoms with Gasteiger partial charge in [-0.1, -0.05) is 0 Å². The van der Waals surface area contributed by atoms with E-state index in [-0.39, 0.29) is 0 Å². The highest BCUT2D eigenvalue weighted by atomic mass is 16.5. The third-order valence-electron chi connectivity index (χ3n) is 2.95. The van der Waals surface area contributed by atoms with Crippen LogP contribution in [0.1, 0.15) is 17.1 Å². The number of methoxy groups -OCH3 is 2. The summed E-state index contributed by atoms with van der Waals surface area (Å²) in [6, 6.07) is 5.81. The molecule has 1 aromatic heterocycles. The predicted molar refractivity (Wildman–Crippen MR) is 74.8 cm³/mol. The molecule has 1 heterocycles. The Kier molecular flexibility index (Phi) is 3.69. The quantitative estimate of drug-likeness (QED) is 0.848. The summed E-state index contributed by atoms with van der Waals surface area (Å²) >= 11 is 0. The van der Waals surface area contributed by atoms with E-state index in [0.29, 0.717) is 0 Å². The first-order valence-corrected chi connectivity index (χ1v) is 6.10. The molecule has 0 aliphatic heterocycles. The van der Waals surface area contributed by atoms with Crippen LogP contribution in [0.4, 0.5) is 0 Å². The molecule has 0 aliphatic rings. The molecule has 0 bridgehead atoms. The van der Waals surface area contributed by atoms with Crippen molar-refractivity contribution in [1.29, 1.82) is 0 Å². The van der Waals surface area contributed by atoms with Gasteiger partial charge in [0.2, 0.25) is 0 Å². The summed E-state index contributed by atoms with van der Waals surface area (Å²) in [5.41, 5.74) is 3.87. The highest BCUT2D eigenvalue weighted by Gasteiger charge is 2.14. The van der Waals surface area contributed by atoms with Crippen LogP contribution in [-0.4, -0.2) is 24.2 Å². The predicted octanol–water partition coefficient (Wildman–Crippen LogP) is 3.09. The lowest BCUT2D eigenvalue weighted by atomic mass is 10.0. The smallest absolute Gasteiger partial charge is 0.132 e. The molecule has 4 heteroatoms. The maximum Gasteiger partial charge on any atom is 0.132 e. The molecule has 0 N–H and O–H groups in total. The van der Waals surface area contributed by atoms with Crippen LogP contribution in [0.25, 0.3) is 11.3 Å². The molecule has 0 atom stereocenters. The molecule has 0 aliphatic carbocycles. The Balaban J connectivity index is 2.66. The Morgan fingerprint density at radius 1 is 0.895 bits per heavy atom. The van der Waals surface area contributed by atoms with Crippen LogP contribution in [0.2, 0.25) is 0 Å². The number of ether oxygens (including phenoxy) is 2. The number of benzene rings is 1. The number of rotatable bonds is 3. The van der Waals surface area contributed by atoms with Crippen molar-refractivity contribution in [3.63, 3.8) is 0 Å². The topological polar surface area (TPSA) is 44.2 Å². The van der Waals surface area contributed by atoms with Gasteiger partial charge in [-0.15, -0.1) is 0 Å². The maximum atomic E-state index is 5.46. The number of nitrogens with zero attached hydrogens (tertiary/aromatic N) is 2. The SMILES string of the molecule is COc1cc(C)c(-c2cc(C)nc(C)n2)c(OC)c1. The van der Waals surface area contributed by atoms with Crippen molar-refractivity contribution < 1.29 is 9.47 Å². The summed E-state index contributed by atoms with van der Waals surface area (Å²) < 4.78 is 10.7. The Labute approximate surface area is 113 Å². The number of hydrogen-bond donors (Lipinski definition) is 0. The highest BCUT2D eigenvalue weighted by molar-refractivity contribution is 5.72. The van der Waals surface area contributed by atoms with Crippen molar-refractivity contribution in [3.05, 3.63) is 35.3 Å². The zero-order valence-corrected chi connectivity index (χ0v) is 11.9. The van der Waals surface area contributed by atoms with Crippen molar-refractivity contribution in [2.24, 2.45) is 0 Å². The van der Waals surface area contributed by atoms with Crippen LogP contribution in [0.5, 0.6) is 11.5 Å². The zero-order valence-electron chi connectivity index (χ0n) is 11.9. The van der Waals surface area contributed by atoms with E-state index in [1.54, 1.807) is 14.2 Å². The van der Waals surface area contributed by atoms with E-state index in [0.717, 1.165) is 39.8 Å². The van der Waals surface area contributed by atoms with Gasteiger partial charge in [0.15, 0.2) is 0 Å². The van der Waals surface area contributed by atoms with Crippen LogP contribution >= 0.6 is 0 Å². The second-order valence-electron chi connectivity index (χ2n) is 4.46. The minimum absolute atomic E-state index is 0.757. The summed E-state index contributed by atoms with van der Waals surface area (Å²) in [5, 5.41) is 0. The van der Waals surface area contributed by atoms with E-state index in [1.165, 1.54) is 0 Å². The van der Waals surface area contributed by atoms with Gasteiger partial charge in [0.25, 0.3) is 0 Å². The summed E-state index contributed by atoms with van der Waals surface area (Å²) in [7, 11) is 3.30. The fourth-order valence-electron chi connectivity index (χ4n) is 2.18. The third kappa shape index (κ3) is 2.67. The molecule has 0 fully saturated rings. The molecule has 4 nitrogen and oxygen atoms in total. The summed E-state index contributed by atoms with van der Waals surface area (Å²) in [4.78, 5) is 8.80. The molecule has 19 heavy (non-hydrogen) atoms. The standard InChI is InChI=1S/C15H18N2O2/c1-9-6-12(18-4)8-14(19-5)15(9)13-7-10(2)16-11(3)17-13/h6-8H,1-5H3. The largest absolute Gasteiger partial charge is 0.497 e. The van der Waals surface area contributed by atoms with Gasteiger partial charge in [0.1, 0.15) is 17.3 Å². The van der Waals surface area contributed by atoms with Crippen LogP contribution < -0.4 is 9.47 Å². The number of aromatic nitrogens is 2. The zero-order chi connectivity index (χ0) is 14.0. The van der Waals surface area contributed by atoms with Crippen LogP contribution in [0, 0.1) is 20.8 Å². The molecule has 2 rings (SSSR count). The monoisotopic (exact) mass is 258 g/mol. The summed E-state index contributed by atoms with van der Waals surface area (Å²) in [5.74, 6) is 2.29.